The van der Waals surface area contributed by atoms with E-state index in [1.54, 1.807) is 0 Å². The van der Waals surface area contributed by atoms with Gasteiger partial charge in [-0.15, -0.1) is 0 Å². The third-order valence-electron chi connectivity index (χ3n) is 2.18. The van der Waals surface area contributed by atoms with E-state index in [9.17, 15) is 15.0 Å². The second-order valence-electron chi connectivity index (χ2n) is 3.08. The number of methoxy groups -OCH3 is 1. The van der Waals surface area contributed by atoms with Crippen molar-refractivity contribution in [2.45, 2.75) is 44.6 Å². The van der Waals surface area contributed by atoms with Gasteiger partial charge in [0.1, 0.15) is 18.3 Å². The maximum Gasteiger partial charge on any atom is 0.335 e. The molecule has 0 spiro atoms. The molecule has 5 unspecified atom stereocenters. The molecule has 0 aliphatic carbocycles. The van der Waals surface area contributed by atoms with Crippen LogP contribution in [-0.2, 0) is 19.1 Å². The lowest BCUT2D eigenvalue weighted by atomic mass is 9.99. The summed E-state index contributed by atoms with van der Waals surface area (Å²) >= 11 is 0. The van der Waals surface area contributed by atoms with Gasteiger partial charge in [-0.3, -0.25) is 4.84 Å². The number of ether oxygens (including phenoxy) is 2. The monoisotopic (exact) mass is 253 g/mol. The topological polar surface area (TPSA) is 131 Å². The molecule has 1 rings (SSSR count). The Hall–Kier alpha value is -0.770. The first-order chi connectivity index (χ1) is 8.02. The van der Waals surface area contributed by atoms with Crippen molar-refractivity contribution in [1.29, 1.82) is 0 Å². The Morgan fingerprint density at radius 2 is 1.82 bits per heavy atom. The van der Waals surface area contributed by atoms with Crippen molar-refractivity contribution in [3.63, 3.8) is 0 Å². The van der Waals surface area contributed by atoms with Crippen molar-refractivity contribution in [2.24, 2.45) is 5.90 Å². The SMILES string of the molecule is CC.COC1OC(C(=O)O)C(O)C(ON)C1O. The molecule has 1 heterocycles. The number of carbonyl (C=O) groups is 1. The number of carboxylic acids is 1. The third-order valence-corrected chi connectivity index (χ3v) is 2.18. The number of nitrogens with two attached hydrogens (primary N) is 1. The zero-order valence-electron chi connectivity index (χ0n) is 9.94. The minimum atomic E-state index is -1.56. The average Bonchev–Trinajstić information content (AvgIpc) is 2.32. The second-order valence-corrected chi connectivity index (χ2v) is 3.08. The first kappa shape index (κ1) is 16.2. The zero-order chi connectivity index (χ0) is 13.6. The van der Waals surface area contributed by atoms with Gasteiger partial charge in [0, 0.05) is 7.11 Å². The number of aliphatic hydroxyl groups is 2. The molecule has 102 valence electrons. The van der Waals surface area contributed by atoms with Gasteiger partial charge in [0.05, 0.1) is 0 Å². The van der Waals surface area contributed by atoms with Crippen LogP contribution in [-0.4, -0.2) is 59.1 Å². The Morgan fingerprint density at radius 3 is 2.18 bits per heavy atom. The van der Waals surface area contributed by atoms with Crippen LogP contribution in [0.5, 0.6) is 0 Å². The number of aliphatic carboxylic acids is 1. The van der Waals surface area contributed by atoms with Gasteiger partial charge in [-0.25, -0.2) is 10.7 Å². The lowest BCUT2D eigenvalue weighted by Gasteiger charge is -2.38. The molecular weight excluding hydrogens is 234 g/mol. The summed E-state index contributed by atoms with van der Waals surface area (Å²) in [6, 6.07) is 0. The third kappa shape index (κ3) is 3.60. The van der Waals surface area contributed by atoms with Crippen LogP contribution in [0.25, 0.3) is 0 Å². The van der Waals surface area contributed by atoms with Gasteiger partial charge in [-0.2, -0.15) is 0 Å². The van der Waals surface area contributed by atoms with Crippen LogP contribution in [0.1, 0.15) is 13.8 Å². The molecule has 1 aliphatic rings. The summed E-state index contributed by atoms with van der Waals surface area (Å²) in [7, 11) is 1.22. The van der Waals surface area contributed by atoms with Gasteiger partial charge in [-0.05, 0) is 0 Å². The molecule has 17 heavy (non-hydrogen) atoms. The highest BCUT2D eigenvalue weighted by Crippen LogP contribution is 2.23. The Kier molecular flexibility index (Phi) is 7.19. The van der Waals surface area contributed by atoms with E-state index in [0.717, 1.165) is 0 Å². The fraction of sp³-hybridized carbons (Fsp3) is 0.889. The molecular formula is C9H19NO7. The summed E-state index contributed by atoms with van der Waals surface area (Å²) < 4.78 is 9.48. The summed E-state index contributed by atoms with van der Waals surface area (Å²) in [5.74, 6) is 3.45. The Labute approximate surface area is 98.8 Å². The van der Waals surface area contributed by atoms with Crippen LogP contribution in [0, 0.1) is 0 Å². The van der Waals surface area contributed by atoms with Gasteiger partial charge in [-0.1, -0.05) is 13.8 Å². The van der Waals surface area contributed by atoms with Crippen molar-refractivity contribution in [1.82, 2.24) is 0 Å². The average molecular weight is 253 g/mol. The molecule has 1 fully saturated rings. The number of hydrogen-bond donors (Lipinski definition) is 4. The highest BCUT2D eigenvalue weighted by atomic mass is 16.7. The number of hydrogen-bond acceptors (Lipinski definition) is 7. The summed E-state index contributed by atoms with van der Waals surface area (Å²) in [5, 5.41) is 27.7. The lowest BCUT2D eigenvalue weighted by molar-refractivity contribution is -0.295. The van der Waals surface area contributed by atoms with E-state index in [4.69, 9.17) is 15.7 Å². The molecule has 5 N–H and O–H groups in total. The molecule has 0 saturated carbocycles. The van der Waals surface area contributed by atoms with Crippen LogP contribution in [0.3, 0.4) is 0 Å². The first-order valence-electron chi connectivity index (χ1n) is 5.15. The number of rotatable bonds is 3. The predicted octanol–water partition coefficient (Wildman–Crippen LogP) is -1.55. The summed E-state index contributed by atoms with van der Waals surface area (Å²) in [5.41, 5.74) is 0. The molecule has 0 amide bonds. The lowest BCUT2D eigenvalue weighted by Crippen LogP contribution is -2.61. The van der Waals surface area contributed by atoms with Crippen molar-refractivity contribution in [2.75, 3.05) is 7.11 Å². The van der Waals surface area contributed by atoms with Crippen LogP contribution in [0.15, 0.2) is 0 Å². The molecule has 1 aliphatic heterocycles. The molecule has 5 atom stereocenters. The first-order valence-corrected chi connectivity index (χ1v) is 5.15. The van der Waals surface area contributed by atoms with Crippen LogP contribution in [0.4, 0.5) is 0 Å². The van der Waals surface area contributed by atoms with Gasteiger partial charge in [0.25, 0.3) is 0 Å². The van der Waals surface area contributed by atoms with Crippen molar-refractivity contribution < 1.29 is 34.4 Å². The Bertz CT molecular complexity index is 237. The van der Waals surface area contributed by atoms with E-state index in [2.05, 4.69) is 9.57 Å². The highest BCUT2D eigenvalue weighted by Gasteiger charge is 2.48. The standard InChI is InChI=1S/C7H13NO7.C2H6/c1-13-7-3(10)4(15-8)2(9)5(14-7)6(11)12;1-2/h2-5,7,9-10H,8H2,1H3,(H,11,12);1-2H3. The molecule has 8 nitrogen and oxygen atoms in total. The Morgan fingerprint density at radius 1 is 1.29 bits per heavy atom. The van der Waals surface area contributed by atoms with E-state index in [0.29, 0.717) is 0 Å². The largest absolute Gasteiger partial charge is 0.479 e. The van der Waals surface area contributed by atoms with E-state index in [-0.39, 0.29) is 0 Å². The van der Waals surface area contributed by atoms with E-state index in [1.165, 1.54) is 7.11 Å². The van der Waals surface area contributed by atoms with Gasteiger partial charge < -0.3 is 24.8 Å². The van der Waals surface area contributed by atoms with Gasteiger partial charge >= 0.3 is 5.97 Å². The Balaban J connectivity index is 0.00000121. The predicted molar refractivity (Wildman–Crippen MR) is 55.7 cm³/mol. The van der Waals surface area contributed by atoms with E-state index in [1.807, 2.05) is 13.8 Å². The maximum atomic E-state index is 10.7. The highest BCUT2D eigenvalue weighted by molar-refractivity contribution is 5.73. The molecule has 1 saturated heterocycles. The summed E-state index contributed by atoms with van der Waals surface area (Å²) in [4.78, 5) is 15.0. The van der Waals surface area contributed by atoms with Crippen molar-refractivity contribution >= 4 is 5.97 Å². The smallest absolute Gasteiger partial charge is 0.335 e. The van der Waals surface area contributed by atoms with Crippen molar-refractivity contribution in [3.8, 4) is 0 Å². The summed E-state index contributed by atoms with van der Waals surface area (Å²) in [6.45, 7) is 4.00. The fourth-order valence-corrected chi connectivity index (χ4v) is 1.39. The molecule has 0 aromatic rings. The summed E-state index contributed by atoms with van der Waals surface area (Å²) in [6.07, 6.45) is -6.95. The molecule has 0 bridgehead atoms. The van der Waals surface area contributed by atoms with Crippen LogP contribution in [0.2, 0.25) is 0 Å². The van der Waals surface area contributed by atoms with Gasteiger partial charge in [0.15, 0.2) is 12.4 Å². The molecule has 0 radical (unpaired) electrons. The second kappa shape index (κ2) is 7.54. The molecule has 0 aromatic heterocycles. The van der Waals surface area contributed by atoms with E-state index >= 15 is 0 Å². The zero-order valence-corrected chi connectivity index (χ0v) is 9.94. The van der Waals surface area contributed by atoms with Crippen LogP contribution < -0.4 is 5.90 Å². The minimum Gasteiger partial charge on any atom is -0.479 e. The quantitative estimate of drug-likeness (QED) is 0.444. The van der Waals surface area contributed by atoms with E-state index < -0.39 is 36.7 Å². The minimum absolute atomic E-state index is 1.21. The number of carboxylic acid groups (broad SMARTS) is 1. The normalized spacial score (nSPS) is 36.9. The molecule has 8 heteroatoms. The van der Waals surface area contributed by atoms with Crippen LogP contribution >= 0.6 is 0 Å². The molecule has 0 aromatic carbocycles. The fourth-order valence-electron chi connectivity index (χ4n) is 1.39. The van der Waals surface area contributed by atoms with Crippen molar-refractivity contribution in [3.05, 3.63) is 0 Å². The maximum absolute atomic E-state index is 10.7. The number of aliphatic hydroxyl groups excluding tert-OH is 2. The van der Waals surface area contributed by atoms with Gasteiger partial charge in [0.2, 0.25) is 0 Å².